The SMILES string of the molecule is CC/C=C\C/C=C\C/C=C\C/C=C\CCCCCCC(=O)O[C@H](COC(=O)CCCCCCCCCCCCC/C=C\CCCCCCCC)COC(=O)CCCCCCCCCCCCCCCCCCCCCCC. The summed E-state index contributed by atoms with van der Waals surface area (Å²) in [5.74, 6) is -0.883. The maximum atomic E-state index is 12.9. The second-order valence-corrected chi connectivity index (χ2v) is 22.7. The second kappa shape index (κ2) is 65.6. The van der Waals surface area contributed by atoms with Crippen LogP contribution in [-0.4, -0.2) is 37.2 Å². The van der Waals surface area contributed by atoms with Gasteiger partial charge < -0.3 is 14.2 Å². The van der Waals surface area contributed by atoms with Crippen molar-refractivity contribution in [2.75, 3.05) is 13.2 Å². The van der Waals surface area contributed by atoms with Gasteiger partial charge in [0.05, 0.1) is 0 Å². The fourth-order valence-electron chi connectivity index (χ4n) is 9.96. The predicted molar refractivity (Wildman–Crippen MR) is 335 cm³/mol. The van der Waals surface area contributed by atoms with Crippen molar-refractivity contribution in [1.29, 1.82) is 0 Å². The highest BCUT2D eigenvalue weighted by atomic mass is 16.6. The van der Waals surface area contributed by atoms with Gasteiger partial charge in [0.1, 0.15) is 13.2 Å². The third kappa shape index (κ3) is 63.8. The van der Waals surface area contributed by atoms with Crippen LogP contribution in [0.4, 0.5) is 0 Å². The molecule has 0 heterocycles. The lowest BCUT2D eigenvalue weighted by molar-refractivity contribution is -0.167. The molecule has 0 saturated heterocycles. The summed E-state index contributed by atoms with van der Waals surface area (Å²) in [6.07, 6.45) is 83.8. The van der Waals surface area contributed by atoms with E-state index in [-0.39, 0.29) is 31.1 Å². The van der Waals surface area contributed by atoms with Gasteiger partial charge in [-0.25, -0.2) is 0 Å². The molecule has 0 aromatic heterocycles. The summed E-state index contributed by atoms with van der Waals surface area (Å²) in [7, 11) is 0. The van der Waals surface area contributed by atoms with Crippen LogP contribution >= 0.6 is 0 Å². The van der Waals surface area contributed by atoms with Crippen molar-refractivity contribution in [3.8, 4) is 0 Å². The summed E-state index contributed by atoms with van der Waals surface area (Å²) in [6.45, 7) is 6.56. The minimum Gasteiger partial charge on any atom is -0.462 e. The molecule has 0 radical (unpaired) electrons. The summed E-state index contributed by atoms with van der Waals surface area (Å²) in [4.78, 5) is 38.4. The van der Waals surface area contributed by atoms with Crippen LogP contribution in [0.15, 0.2) is 60.8 Å². The third-order valence-electron chi connectivity index (χ3n) is 15.0. The fourth-order valence-corrected chi connectivity index (χ4v) is 9.96. The Morgan fingerprint density at radius 3 is 0.805 bits per heavy atom. The maximum absolute atomic E-state index is 12.9. The van der Waals surface area contributed by atoms with Crippen LogP contribution in [0.25, 0.3) is 0 Å². The number of ether oxygens (including phenoxy) is 3. The van der Waals surface area contributed by atoms with Gasteiger partial charge in [-0.2, -0.15) is 0 Å². The Hall–Kier alpha value is -2.89. The van der Waals surface area contributed by atoms with Gasteiger partial charge in [0.15, 0.2) is 6.10 Å². The van der Waals surface area contributed by atoms with Crippen molar-refractivity contribution in [1.82, 2.24) is 0 Å². The van der Waals surface area contributed by atoms with Crippen LogP contribution in [0, 0.1) is 0 Å². The highest BCUT2D eigenvalue weighted by Crippen LogP contribution is 2.18. The highest BCUT2D eigenvalue weighted by molar-refractivity contribution is 5.71. The molecular weight excluding hydrogens is 949 g/mol. The van der Waals surface area contributed by atoms with E-state index < -0.39 is 6.10 Å². The van der Waals surface area contributed by atoms with Gasteiger partial charge in [-0.05, 0) is 83.5 Å². The van der Waals surface area contributed by atoms with Crippen molar-refractivity contribution in [2.24, 2.45) is 0 Å². The molecule has 0 N–H and O–H groups in total. The van der Waals surface area contributed by atoms with E-state index in [0.717, 1.165) is 96.3 Å². The van der Waals surface area contributed by atoms with E-state index in [1.165, 1.54) is 218 Å². The number of hydrogen-bond donors (Lipinski definition) is 0. The van der Waals surface area contributed by atoms with Crippen molar-refractivity contribution in [2.45, 2.75) is 361 Å². The average molecular weight is 1080 g/mol. The van der Waals surface area contributed by atoms with Crippen molar-refractivity contribution in [3.63, 3.8) is 0 Å². The molecule has 448 valence electrons. The van der Waals surface area contributed by atoms with E-state index >= 15 is 0 Å². The molecule has 0 aliphatic carbocycles. The molecule has 0 saturated carbocycles. The molecule has 6 heteroatoms. The van der Waals surface area contributed by atoms with Crippen LogP contribution < -0.4 is 0 Å². The minimum atomic E-state index is -0.787. The number of rotatable bonds is 62. The number of esters is 3. The van der Waals surface area contributed by atoms with Gasteiger partial charge in [0.25, 0.3) is 0 Å². The lowest BCUT2D eigenvalue weighted by atomic mass is 10.0. The molecule has 0 spiro atoms. The van der Waals surface area contributed by atoms with Crippen molar-refractivity contribution < 1.29 is 28.6 Å². The van der Waals surface area contributed by atoms with Crippen molar-refractivity contribution in [3.05, 3.63) is 60.8 Å². The molecule has 0 aromatic rings. The van der Waals surface area contributed by atoms with Crippen molar-refractivity contribution >= 4 is 17.9 Å². The first-order chi connectivity index (χ1) is 38.0. The molecule has 0 unspecified atom stereocenters. The smallest absolute Gasteiger partial charge is 0.306 e. The molecule has 0 aliphatic heterocycles. The summed E-state index contributed by atoms with van der Waals surface area (Å²) >= 11 is 0. The summed E-state index contributed by atoms with van der Waals surface area (Å²) in [6, 6.07) is 0. The first-order valence-electron chi connectivity index (χ1n) is 33.8. The molecule has 6 nitrogen and oxygen atoms in total. The van der Waals surface area contributed by atoms with E-state index in [9.17, 15) is 14.4 Å². The molecule has 77 heavy (non-hydrogen) atoms. The number of carbonyl (C=O) groups is 3. The zero-order valence-corrected chi connectivity index (χ0v) is 51.5. The second-order valence-electron chi connectivity index (χ2n) is 22.7. The Morgan fingerprint density at radius 2 is 0.506 bits per heavy atom. The standard InChI is InChI=1S/C71H128O6/c1-4-7-10-13-16-19-22-25-28-31-33-35-37-40-42-45-48-51-54-57-60-63-69(72)75-66-68(77-71(74)65-62-59-56-53-50-47-44-39-30-27-24-21-18-15-12-9-6-3)67-76-70(73)64-61-58-55-52-49-46-43-41-38-36-34-32-29-26-23-20-17-14-11-8-5-2/h9,12,18,21,25,27-28,30,44,47,68H,4-8,10-11,13-17,19-20,22-24,26,29,31-43,45-46,48-67H2,1-3H3/b12-9-,21-18-,28-25-,30-27-,47-44-/t68-/m1/s1. The van der Waals surface area contributed by atoms with E-state index in [4.69, 9.17) is 14.2 Å². The van der Waals surface area contributed by atoms with E-state index in [1.54, 1.807) is 0 Å². The quantitative estimate of drug-likeness (QED) is 0.0261. The number of allylic oxidation sites excluding steroid dienone is 10. The van der Waals surface area contributed by atoms with Gasteiger partial charge >= 0.3 is 17.9 Å². The Balaban J connectivity index is 4.34. The summed E-state index contributed by atoms with van der Waals surface area (Å²) in [5, 5.41) is 0. The zero-order valence-electron chi connectivity index (χ0n) is 51.5. The van der Waals surface area contributed by atoms with Gasteiger partial charge in [0.2, 0.25) is 0 Å². The Bertz CT molecular complexity index is 1380. The largest absolute Gasteiger partial charge is 0.462 e. The molecule has 0 rings (SSSR count). The highest BCUT2D eigenvalue weighted by Gasteiger charge is 2.19. The maximum Gasteiger partial charge on any atom is 0.306 e. The Morgan fingerprint density at radius 1 is 0.273 bits per heavy atom. The number of unbranched alkanes of at least 4 members (excludes halogenated alkanes) is 41. The molecular formula is C71H128O6. The van der Waals surface area contributed by atoms with E-state index in [1.807, 2.05) is 0 Å². The zero-order chi connectivity index (χ0) is 55.7. The minimum absolute atomic E-state index is 0.0807. The van der Waals surface area contributed by atoms with Gasteiger partial charge in [-0.1, -0.05) is 313 Å². The van der Waals surface area contributed by atoms with Crippen LogP contribution in [-0.2, 0) is 28.6 Å². The predicted octanol–water partition coefficient (Wildman–Crippen LogP) is 23.1. The first-order valence-corrected chi connectivity index (χ1v) is 33.8. The van der Waals surface area contributed by atoms with Crippen LogP contribution in [0.5, 0.6) is 0 Å². The first kappa shape index (κ1) is 74.1. The number of carbonyl (C=O) groups excluding carboxylic acids is 3. The lowest BCUT2D eigenvalue weighted by Crippen LogP contribution is -2.30. The third-order valence-corrected chi connectivity index (χ3v) is 15.0. The molecule has 1 atom stereocenters. The monoisotopic (exact) mass is 1080 g/mol. The summed E-state index contributed by atoms with van der Waals surface area (Å²) < 4.78 is 17.0. The molecule has 0 bridgehead atoms. The normalized spacial score (nSPS) is 12.4. The van der Waals surface area contributed by atoms with E-state index in [0.29, 0.717) is 19.3 Å². The van der Waals surface area contributed by atoms with Crippen LogP contribution in [0.2, 0.25) is 0 Å². The topological polar surface area (TPSA) is 78.9 Å². The van der Waals surface area contributed by atoms with Crippen LogP contribution in [0.3, 0.4) is 0 Å². The number of hydrogen-bond acceptors (Lipinski definition) is 6. The van der Waals surface area contributed by atoms with Gasteiger partial charge in [0, 0.05) is 19.3 Å². The molecule has 0 aliphatic rings. The summed E-state index contributed by atoms with van der Waals surface area (Å²) in [5.41, 5.74) is 0. The van der Waals surface area contributed by atoms with Gasteiger partial charge in [-0.15, -0.1) is 0 Å². The fraction of sp³-hybridized carbons (Fsp3) is 0.817. The molecule has 0 fully saturated rings. The van der Waals surface area contributed by atoms with Crippen LogP contribution in [0.1, 0.15) is 355 Å². The molecule has 0 amide bonds. The average Bonchev–Trinajstić information content (AvgIpc) is 3.43. The Labute approximate surface area is 479 Å². The van der Waals surface area contributed by atoms with E-state index in [2.05, 4.69) is 81.5 Å². The Kier molecular flexibility index (Phi) is 63.2. The molecule has 0 aromatic carbocycles. The van der Waals surface area contributed by atoms with Gasteiger partial charge in [-0.3, -0.25) is 14.4 Å². The lowest BCUT2D eigenvalue weighted by Gasteiger charge is -2.18.